The maximum atomic E-state index is 13.5. The highest BCUT2D eigenvalue weighted by Gasteiger charge is 2.17. The molecular weight excluding hydrogens is 399 g/mol. The SMILES string of the molecule is C[C@@H](CNc1ccc2c(-c3ccncc3)c(-c3ccc(F)cc3)[nH]c2n1)c1ccccc1. The molecule has 2 aromatic carbocycles. The minimum Gasteiger partial charge on any atom is -0.369 e. The summed E-state index contributed by atoms with van der Waals surface area (Å²) in [6.07, 6.45) is 3.55. The van der Waals surface area contributed by atoms with E-state index in [0.29, 0.717) is 5.92 Å². The van der Waals surface area contributed by atoms with Crippen molar-refractivity contribution in [1.29, 1.82) is 0 Å². The predicted molar refractivity (Wildman–Crippen MR) is 128 cm³/mol. The third-order valence-corrected chi connectivity index (χ3v) is 5.72. The Morgan fingerprint density at radius 3 is 2.38 bits per heavy atom. The lowest BCUT2D eigenvalue weighted by Gasteiger charge is -2.13. The van der Waals surface area contributed by atoms with E-state index >= 15 is 0 Å². The number of aromatic nitrogens is 3. The van der Waals surface area contributed by atoms with Crippen molar-refractivity contribution in [3.8, 4) is 22.4 Å². The smallest absolute Gasteiger partial charge is 0.140 e. The van der Waals surface area contributed by atoms with Crippen molar-refractivity contribution < 1.29 is 4.39 Å². The third kappa shape index (κ3) is 3.97. The number of benzene rings is 2. The van der Waals surface area contributed by atoms with Gasteiger partial charge in [-0.25, -0.2) is 9.37 Å². The van der Waals surface area contributed by atoms with Gasteiger partial charge in [0.15, 0.2) is 0 Å². The van der Waals surface area contributed by atoms with E-state index in [9.17, 15) is 4.39 Å². The van der Waals surface area contributed by atoms with Gasteiger partial charge in [-0.1, -0.05) is 37.3 Å². The maximum absolute atomic E-state index is 13.5. The number of halogens is 1. The van der Waals surface area contributed by atoms with Crippen LogP contribution < -0.4 is 5.32 Å². The highest BCUT2D eigenvalue weighted by Crippen LogP contribution is 2.38. The second-order valence-electron chi connectivity index (χ2n) is 7.90. The Kier molecular flexibility index (Phi) is 5.38. The Labute approximate surface area is 186 Å². The summed E-state index contributed by atoms with van der Waals surface area (Å²) < 4.78 is 13.5. The van der Waals surface area contributed by atoms with Crippen LogP contribution >= 0.6 is 0 Å². The average molecular weight is 423 g/mol. The van der Waals surface area contributed by atoms with Crippen molar-refractivity contribution in [2.24, 2.45) is 0 Å². The number of aromatic amines is 1. The zero-order valence-electron chi connectivity index (χ0n) is 17.7. The molecule has 1 atom stereocenters. The van der Waals surface area contributed by atoms with Crippen LogP contribution in [0, 0.1) is 5.82 Å². The molecule has 0 fully saturated rings. The van der Waals surface area contributed by atoms with Crippen LogP contribution in [0.5, 0.6) is 0 Å². The Hall–Kier alpha value is -3.99. The van der Waals surface area contributed by atoms with Crippen LogP contribution in [0.4, 0.5) is 10.2 Å². The van der Waals surface area contributed by atoms with E-state index < -0.39 is 0 Å². The lowest BCUT2D eigenvalue weighted by Crippen LogP contribution is -2.10. The van der Waals surface area contributed by atoms with Gasteiger partial charge in [0.25, 0.3) is 0 Å². The maximum Gasteiger partial charge on any atom is 0.140 e. The van der Waals surface area contributed by atoms with E-state index in [-0.39, 0.29) is 5.82 Å². The average Bonchev–Trinajstić information content (AvgIpc) is 3.23. The molecule has 3 heterocycles. The molecule has 32 heavy (non-hydrogen) atoms. The highest BCUT2D eigenvalue weighted by molar-refractivity contribution is 6.02. The summed E-state index contributed by atoms with van der Waals surface area (Å²) >= 11 is 0. The van der Waals surface area contributed by atoms with Crippen molar-refractivity contribution in [1.82, 2.24) is 15.0 Å². The summed E-state index contributed by atoms with van der Waals surface area (Å²) in [4.78, 5) is 12.4. The van der Waals surface area contributed by atoms with Crippen LogP contribution in [0.1, 0.15) is 18.4 Å². The van der Waals surface area contributed by atoms with E-state index in [1.165, 1.54) is 17.7 Å². The molecule has 2 N–H and O–H groups in total. The summed E-state index contributed by atoms with van der Waals surface area (Å²) in [6.45, 7) is 2.98. The minimum absolute atomic E-state index is 0.257. The fourth-order valence-electron chi connectivity index (χ4n) is 3.98. The molecule has 0 aliphatic carbocycles. The molecule has 3 aromatic heterocycles. The zero-order chi connectivity index (χ0) is 21.9. The summed E-state index contributed by atoms with van der Waals surface area (Å²) in [5.41, 5.74) is 5.96. The van der Waals surface area contributed by atoms with Crippen molar-refractivity contribution in [3.05, 3.63) is 103 Å². The molecule has 0 aliphatic rings. The summed E-state index contributed by atoms with van der Waals surface area (Å²) in [5, 5.41) is 4.47. The molecular formula is C27H23FN4. The van der Waals surface area contributed by atoms with E-state index in [0.717, 1.165) is 45.8 Å². The summed E-state index contributed by atoms with van der Waals surface area (Å²) in [7, 11) is 0. The van der Waals surface area contributed by atoms with Gasteiger partial charge in [0.1, 0.15) is 17.3 Å². The largest absolute Gasteiger partial charge is 0.369 e. The lowest BCUT2D eigenvalue weighted by molar-refractivity contribution is 0.628. The van der Waals surface area contributed by atoms with Gasteiger partial charge in [-0.05, 0) is 71.1 Å². The Bertz CT molecular complexity index is 1330. The number of hydrogen-bond acceptors (Lipinski definition) is 3. The number of nitrogens with zero attached hydrogens (tertiary/aromatic N) is 2. The number of H-pyrrole nitrogens is 1. The Morgan fingerprint density at radius 1 is 0.875 bits per heavy atom. The molecule has 0 amide bonds. The Morgan fingerprint density at radius 2 is 1.62 bits per heavy atom. The molecule has 0 saturated carbocycles. The van der Waals surface area contributed by atoms with Gasteiger partial charge >= 0.3 is 0 Å². The van der Waals surface area contributed by atoms with Crippen LogP contribution in [-0.4, -0.2) is 21.5 Å². The first-order valence-electron chi connectivity index (χ1n) is 10.7. The van der Waals surface area contributed by atoms with Gasteiger partial charge < -0.3 is 10.3 Å². The van der Waals surface area contributed by atoms with Crippen LogP contribution in [0.3, 0.4) is 0 Å². The molecule has 0 spiro atoms. The fourth-order valence-corrected chi connectivity index (χ4v) is 3.98. The normalized spacial score (nSPS) is 12.1. The van der Waals surface area contributed by atoms with Gasteiger partial charge in [0.2, 0.25) is 0 Å². The molecule has 158 valence electrons. The molecule has 0 aliphatic heterocycles. The number of anilines is 1. The van der Waals surface area contributed by atoms with E-state index in [1.807, 2.05) is 24.3 Å². The minimum atomic E-state index is -0.257. The van der Waals surface area contributed by atoms with Crippen LogP contribution in [0.2, 0.25) is 0 Å². The van der Waals surface area contributed by atoms with E-state index in [1.54, 1.807) is 24.5 Å². The number of nitrogens with one attached hydrogen (secondary N) is 2. The summed E-state index contributed by atoms with van der Waals surface area (Å²) in [6, 6.07) is 25.0. The number of pyridine rings is 2. The Balaban J connectivity index is 1.51. The zero-order valence-corrected chi connectivity index (χ0v) is 17.7. The molecule has 0 unspecified atom stereocenters. The number of hydrogen-bond donors (Lipinski definition) is 2. The topological polar surface area (TPSA) is 53.6 Å². The molecule has 5 aromatic rings. The number of rotatable bonds is 6. The van der Waals surface area contributed by atoms with Gasteiger partial charge in [0.05, 0.1) is 5.69 Å². The van der Waals surface area contributed by atoms with Crippen molar-refractivity contribution in [3.63, 3.8) is 0 Å². The molecule has 0 radical (unpaired) electrons. The first-order chi connectivity index (χ1) is 15.7. The van der Waals surface area contributed by atoms with Gasteiger partial charge in [-0.15, -0.1) is 0 Å². The van der Waals surface area contributed by atoms with Gasteiger partial charge in [0, 0.05) is 29.9 Å². The molecule has 0 saturated heterocycles. The van der Waals surface area contributed by atoms with E-state index in [2.05, 4.69) is 52.5 Å². The predicted octanol–water partition coefficient (Wildman–Crippen LogP) is 6.65. The van der Waals surface area contributed by atoms with Crippen LogP contribution in [0.15, 0.2) is 91.3 Å². The van der Waals surface area contributed by atoms with Crippen molar-refractivity contribution in [2.75, 3.05) is 11.9 Å². The van der Waals surface area contributed by atoms with Crippen molar-refractivity contribution in [2.45, 2.75) is 12.8 Å². The van der Waals surface area contributed by atoms with Crippen molar-refractivity contribution >= 4 is 16.9 Å². The molecule has 0 bridgehead atoms. The molecule has 5 heteroatoms. The van der Waals surface area contributed by atoms with Gasteiger partial charge in [-0.2, -0.15) is 0 Å². The second-order valence-corrected chi connectivity index (χ2v) is 7.90. The first-order valence-corrected chi connectivity index (χ1v) is 10.7. The van der Waals surface area contributed by atoms with Gasteiger partial charge in [-0.3, -0.25) is 4.98 Å². The first kappa shape index (κ1) is 19.9. The molecule has 5 rings (SSSR count). The lowest BCUT2D eigenvalue weighted by atomic mass is 10.00. The van der Waals surface area contributed by atoms with E-state index in [4.69, 9.17) is 4.98 Å². The fraction of sp³-hybridized carbons (Fsp3) is 0.111. The number of fused-ring (bicyclic) bond motifs is 1. The standard InChI is InChI=1S/C27H23FN4/c1-18(19-5-3-2-4-6-19)17-30-24-12-11-23-25(20-13-15-29-16-14-20)26(32-27(23)31-24)21-7-9-22(28)10-8-21/h2-16,18H,17H2,1H3,(H2,30,31,32)/t18-/m0/s1. The second kappa shape index (κ2) is 8.63. The highest BCUT2D eigenvalue weighted by atomic mass is 19.1. The quantitative estimate of drug-likeness (QED) is 0.322. The van der Waals surface area contributed by atoms with Crippen LogP contribution in [0.25, 0.3) is 33.4 Å². The third-order valence-electron chi connectivity index (χ3n) is 5.72. The summed E-state index contributed by atoms with van der Waals surface area (Å²) in [5.74, 6) is 0.917. The molecule has 4 nitrogen and oxygen atoms in total. The monoisotopic (exact) mass is 422 g/mol. The van der Waals surface area contributed by atoms with Crippen LogP contribution in [-0.2, 0) is 0 Å².